The molecule has 0 fully saturated rings. The molecule has 2 amide bonds. The number of aryl methyl sites for hydroxylation is 4. The molecule has 0 aliphatic rings. The molecule has 10 heteroatoms. The van der Waals surface area contributed by atoms with Crippen LogP contribution < -0.4 is 29.2 Å². The predicted octanol–water partition coefficient (Wildman–Crippen LogP) is 6.63. The van der Waals surface area contributed by atoms with Gasteiger partial charge in [0.15, 0.2) is 0 Å². The van der Waals surface area contributed by atoms with Crippen LogP contribution in [0.15, 0.2) is 97.6 Å². The molecular weight excluding hydrogens is 580 g/mol. The molecule has 0 bridgehead atoms. The van der Waals surface area contributed by atoms with Gasteiger partial charge < -0.3 is 20.1 Å². The van der Waals surface area contributed by atoms with Crippen LogP contribution in [0.2, 0.25) is 0 Å². The van der Waals surface area contributed by atoms with E-state index in [4.69, 9.17) is 9.47 Å². The Morgan fingerprint density at radius 1 is 0.630 bits per heavy atom. The zero-order valence-electron chi connectivity index (χ0n) is 26.9. The van der Waals surface area contributed by atoms with Gasteiger partial charge in [-0.05, 0) is 73.5 Å². The van der Waals surface area contributed by atoms with Gasteiger partial charge in [-0.2, -0.15) is 0 Å². The molecule has 3 aromatic carbocycles. The van der Waals surface area contributed by atoms with Crippen molar-refractivity contribution in [3.05, 3.63) is 109 Å². The average Bonchev–Trinajstić information content (AvgIpc) is 3.62. The van der Waals surface area contributed by atoms with Gasteiger partial charge in [-0.25, -0.2) is 18.3 Å². The first-order chi connectivity index (χ1) is 22.3. The third-order valence-electron chi connectivity index (χ3n) is 7.57. The van der Waals surface area contributed by atoms with E-state index in [0.29, 0.717) is 46.0 Å². The third-order valence-corrected chi connectivity index (χ3v) is 7.57. The molecule has 5 aromatic rings. The number of anilines is 2. The molecule has 0 spiro atoms. The van der Waals surface area contributed by atoms with Crippen molar-refractivity contribution < 1.29 is 28.2 Å². The van der Waals surface area contributed by atoms with Gasteiger partial charge in [-0.1, -0.05) is 32.8 Å². The Hall–Kier alpha value is -5.38. The first-order valence-corrected chi connectivity index (χ1v) is 15.7. The summed E-state index contributed by atoms with van der Waals surface area (Å²) in [5.74, 6) is 3.35. The second-order valence-electron chi connectivity index (χ2n) is 11.2. The number of rotatable bonds is 14. The number of benzene rings is 3. The quantitative estimate of drug-likeness (QED) is 0.136. The fraction of sp³-hybridized carbons (Fsp3) is 0.278. The zero-order valence-corrected chi connectivity index (χ0v) is 26.9. The van der Waals surface area contributed by atoms with E-state index in [0.717, 1.165) is 38.8 Å². The number of nitrogens with one attached hydrogen (secondary N) is 2. The molecule has 0 aliphatic heterocycles. The van der Waals surface area contributed by atoms with Crippen molar-refractivity contribution >= 4 is 23.2 Å². The molecule has 0 radical (unpaired) electrons. The summed E-state index contributed by atoms with van der Waals surface area (Å²) in [6.07, 6.45) is 11.8. The highest BCUT2D eigenvalue weighted by Gasteiger charge is 2.24. The molecule has 0 atom stereocenters. The Bertz CT molecular complexity index is 1650. The number of unbranched alkanes of at least 4 members (excludes halogenated alkanes) is 2. The van der Waals surface area contributed by atoms with Crippen molar-refractivity contribution in [1.29, 1.82) is 0 Å². The second kappa shape index (κ2) is 15.1. The molecule has 10 nitrogen and oxygen atoms in total. The summed E-state index contributed by atoms with van der Waals surface area (Å²) in [7, 11) is 3.74. The van der Waals surface area contributed by atoms with Gasteiger partial charge >= 0.3 is 23.5 Å². The van der Waals surface area contributed by atoms with E-state index in [1.54, 1.807) is 6.07 Å². The summed E-state index contributed by atoms with van der Waals surface area (Å²) in [4.78, 5) is 26.0. The van der Waals surface area contributed by atoms with Crippen molar-refractivity contribution in [3.63, 3.8) is 0 Å². The van der Waals surface area contributed by atoms with E-state index >= 15 is 0 Å². The van der Waals surface area contributed by atoms with Gasteiger partial charge in [0.1, 0.15) is 47.8 Å². The summed E-state index contributed by atoms with van der Waals surface area (Å²) >= 11 is 0. The van der Waals surface area contributed by atoms with Crippen molar-refractivity contribution in [1.82, 2.24) is 9.13 Å². The van der Waals surface area contributed by atoms with Gasteiger partial charge in [0, 0.05) is 17.4 Å². The minimum absolute atomic E-state index is 0.163. The zero-order chi connectivity index (χ0) is 32.5. The van der Waals surface area contributed by atoms with E-state index in [2.05, 4.69) is 24.5 Å². The van der Waals surface area contributed by atoms with Crippen LogP contribution in [0, 0.1) is 0 Å². The van der Waals surface area contributed by atoms with Crippen LogP contribution in [-0.2, 0) is 27.2 Å². The Kier molecular flexibility index (Phi) is 10.5. The fourth-order valence-electron chi connectivity index (χ4n) is 5.11. The Morgan fingerprint density at radius 2 is 1.04 bits per heavy atom. The summed E-state index contributed by atoms with van der Waals surface area (Å²) in [6, 6.07) is 21.9. The SMILES string of the molecule is CCCCn1cc[n+](C)c1C(=O)Nc1ccc(Oc2cccc(Oc3ccc(NC(=O)c4n(CCCC)cc[n+]4C)cc3)c2)cc1. The highest BCUT2D eigenvalue weighted by Crippen LogP contribution is 2.29. The van der Waals surface area contributed by atoms with Gasteiger partial charge in [0.25, 0.3) is 0 Å². The highest BCUT2D eigenvalue weighted by molar-refractivity contribution is 6.01. The standard InChI is InChI=1S/C36H40N6O4/c1-5-7-20-41-24-22-39(3)35(41)33(43)37-27-12-16-29(17-13-27)45-31-10-9-11-32(26-31)46-30-18-14-28(15-19-30)38-34(44)36-40(4)23-25-42(36)21-8-6-2/h9-19,22-26H,5-8,20-21H2,1-4H3/p+2. The lowest BCUT2D eigenvalue weighted by atomic mass is 10.2. The highest BCUT2D eigenvalue weighted by atomic mass is 16.5. The smallest absolute Gasteiger partial charge is 0.348 e. The van der Waals surface area contributed by atoms with Gasteiger partial charge in [0.05, 0.1) is 27.2 Å². The topological polar surface area (TPSA) is 94.3 Å². The molecule has 0 aliphatic carbocycles. The lowest BCUT2D eigenvalue weighted by Crippen LogP contribution is -2.37. The minimum atomic E-state index is -0.163. The van der Waals surface area contributed by atoms with Crippen molar-refractivity contribution in [2.24, 2.45) is 14.1 Å². The summed E-state index contributed by atoms with van der Waals surface area (Å²) < 4.78 is 19.7. The number of imidazole rings is 2. The Balaban J connectivity index is 1.16. The first kappa shape index (κ1) is 32.0. The van der Waals surface area contributed by atoms with E-state index in [9.17, 15) is 9.59 Å². The van der Waals surface area contributed by atoms with E-state index in [1.807, 2.05) is 124 Å². The monoisotopic (exact) mass is 622 g/mol. The number of carbonyl (C=O) groups is 2. The van der Waals surface area contributed by atoms with Gasteiger partial charge in [-0.3, -0.25) is 9.59 Å². The Morgan fingerprint density at radius 3 is 1.43 bits per heavy atom. The van der Waals surface area contributed by atoms with Crippen LogP contribution in [0.5, 0.6) is 23.0 Å². The van der Waals surface area contributed by atoms with Crippen LogP contribution in [0.1, 0.15) is 60.8 Å². The number of ether oxygens (including phenoxy) is 2. The lowest BCUT2D eigenvalue weighted by molar-refractivity contribution is -0.673. The van der Waals surface area contributed by atoms with Crippen LogP contribution in [-0.4, -0.2) is 20.9 Å². The fourth-order valence-corrected chi connectivity index (χ4v) is 5.11. The third kappa shape index (κ3) is 8.01. The van der Waals surface area contributed by atoms with Crippen molar-refractivity contribution in [2.75, 3.05) is 10.6 Å². The van der Waals surface area contributed by atoms with Crippen molar-refractivity contribution in [2.45, 2.75) is 52.6 Å². The first-order valence-electron chi connectivity index (χ1n) is 15.7. The lowest BCUT2D eigenvalue weighted by Gasteiger charge is -2.11. The number of hydrogen-bond acceptors (Lipinski definition) is 4. The molecule has 2 N–H and O–H groups in total. The van der Waals surface area contributed by atoms with Crippen molar-refractivity contribution in [3.8, 4) is 23.0 Å². The minimum Gasteiger partial charge on any atom is -0.457 e. The molecule has 46 heavy (non-hydrogen) atoms. The van der Waals surface area contributed by atoms with Crippen LogP contribution in [0.4, 0.5) is 11.4 Å². The average molecular weight is 623 g/mol. The second-order valence-corrected chi connectivity index (χ2v) is 11.2. The molecule has 2 aromatic heterocycles. The van der Waals surface area contributed by atoms with Crippen LogP contribution in [0.25, 0.3) is 0 Å². The summed E-state index contributed by atoms with van der Waals surface area (Å²) in [5, 5.41) is 5.96. The Labute approximate surface area is 269 Å². The molecule has 0 saturated carbocycles. The number of hydrogen-bond donors (Lipinski definition) is 2. The summed E-state index contributed by atoms with van der Waals surface area (Å²) in [6.45, 7) is 5.86. The summed E-state index contributed by atoms with van der Waals surface area (Å²) in [5.41, 5.74) is 1.35. The van der Waals surface area contributed by atoms with E-state index < -0.39 is 0 Å². The predicted molar refractivity (Wildman–Crippen MR) is 176 cm³/mol. The largest absolute Gasteiger partial charge is 0.457 e. The maximum atomic E-state index is 13.0. The number of amides is 2. The maximum absolute atomic E-state index is 13.0. The maximum Gasteiger partial charge on any atom is 0.348 e. The molecule has 0 unspecified atom stereocenters. The van der Waals surface area contributed by atoms with Gasteiger partial charge in [-0.15, -0.1) is 0 Å². The normalized spacial score (nSPS) is 10.9. The molecule has 238 valence electrons. The van der Waals surface area contributed by atoms with Crippen LogP contribution in [0.3, 0.4) is 0 Å². The van der Waals surface area contributed by atoms with Gasteiger partial charge in [0.2, 0.25) is 0 Å². The number of aromatic nitrogens is 4. The number of carbonyl (C=O) groups excluding carboxylic acids is 2. The molecular formula is C36H42N6O4+2. The molecule has 0 saturated heterocycles. The van der Waals surface area contributed by atoms with E-state index in [1.165, 1.54) is 0 Å². The van der Waals surface area contributed by atoms with Crippen LogP contribution >= 0.6 is 0 Å². The molecule has 2 heterocycles. The molecule has 5 rings (SSSR count). The van der Waals surface area contributed by atoms with E-state index in [-0.39, 0.29) is 11.8 Å². The number of nitrogens with zero attached hydrogens (tertiary/aromatic N) is 4.